The number of unbranched alkanes of at least 4 members (excludes halogenated alkanes) is 2. The van der Waals surface area contributed by atoms with Gasteiger partial charge in [0.25, 0.3) is 0 Å². The Morgan fingerprint density at radius 2 is 0.726 bits per heavy atom. The van der Waals surface area contributed by atoms with Gasteiger partial charge in [0.05, 0.1) is 22.2 Å². The van der Waals surface area contributed by atoms with Crippen molar-refractivity contribution in [2.24, 2.45) is 0 Å². The molecule has 0 saturated heterocycles. The Balaban J connectivity index is 0.00000574. The van der Waals surface area contributed by atoms with E-state index in [1.807, 2.05) is 24.5 Å². The predicted molar refractivity (Wildman–Crippen MR) is 296 cm³/mol. The normalized spacial score (nSPS) is 13.2. The van der Waals surface area contributed by atoms with Gasteiger partial charge in [-0.05, 0) is 122 Å². The molecule has 10 aromatic rings. The van der Waals surface area contributed by atoms with E-state index in [0.29, 0.717) is 0 Å². The zero-order chi connectivity index (χ0) is 48.5. The first-order valence-corrected chi connectivity index (χ1v) is 25.9. The topological polar surface area (TPSA) is 25.8 Å². The van der Waals surface area contributed by atoms with Crippen LogP contribution < -0.4 is 0 Å². The van der Waals surface area contributed by atoms with Crippen molar-refractivity contribution in [3.8, 4) is 22.3 Å². The summed E-state index contributed by atoms with van der Waals surface area (Å²) in [6.07, 6.45) is 10.6. The number of aryl methyl sites for hydroxylation is 2. The summed E-state index contributed by atoms with van der Waals surface area (Å²) in [4.78, 5) is 10.4. The van der Waals surface area contributed by atoms with E-state index < -0.39 is 10.8 Å². The van der Waals surface area contributed by atoms with Crippen molar-refractivity contribution in [1.82, 2.24) is 9.97 Å². The van der Waals surface area contributed by atoms with Gasteiger partial charge in [0.1, 0.15) is 0 Å². The zero-order valence-electron chi connectivity index (χ0n) is 41.4. The van der Waals surface area contributed by atoms with Gasteiger partial charge in [-0.3, -0.25) is 9.97 Å². The second-order valence-corrected chi connectivity index (χ2v) is 19.4. The van der Waals surface area contributed by atoms with Crippen LogP contribution in [0.1, 0.15) is 118 Å². The first kappa shape index (κ1) is 47.8. The summed E-state index contributed by atoms with van der Waals surface area (Å²) in [5, 5.41) is 0. The molecule has 2 aliphatic rings. The van der Waals surface area contributed by atoms with E-state index in [0.717, 1.165) is 94.4 Å². The fraction of sp³-hybridized carbons (Fsp3) is 0.143. The molecular weight excluding hydrogens is 1060 g/mol. The monoisotopic (exact) mass is 1120 g/mol. The number of nitrogens with zero attached hydrogens (tertiary/aromatic N) is 2. The van der Waals surface area contributed by atoms with E-state index in [-0.39, 0.29) is 21.1 Å². The molecule has 73 heavy (non-hydrogen) atoms. The molecule has 8 aromatic carbocycles. The first-order chi connectivity index (χ1) is 35.6. The third kappa shape index (κ3) is 8.08. The number of benzene rings is 8. The number of hydrogen-bond donors (Lipinski definition) is 0. The van der Waals surface area contributed by atoms with E-state index >= 15 is 0 Å². The Bertz CT molecular complexity index is 3260. The molecule has 0 amide bonds. The smallest absolute Gasteiger partial charge is 0.260 e. The van der Waals surface area contributed by atoms with E-state index in [9.17, 15) is 0 Å². The quantitative estimate of drug-likeness (QED) is 0.0801. The molecule has 356 valence electrons. The number of hydrogen-bond acceptors (Lipinski definition) is 2. The van der Waals surface area contributed by atoms with Gasteiger partial charge >= 0.3 is 21.1 Å². The van der Waals surface area contributed by atoms with Crippen molar-refractivity contribution in [2.75, 3.05) is 0 Å². The third-order valence-electron chi connectivity index (χ3n) is 15.3. The molecule has 0 bridgehead atoms. The number of aromatic nitrogens is 2. The molecule has 2 aromatic heterocycles. The third-order valence-corrected chi connectivity index (χ3v) is 15.3. The van der Waals surface area contributed by atoms with Crippen molar-refractivity contribution in [2.45, 2.75) is 63.2 Å². The van der Waals surface area contributed by atoms with Gasteiger partial charge in [-0.1, -0.05) is 184 Å². The largest absolute Gasteiger partial charge is 2.00 e. The number of fused-ring (bicyclic) bond motifs is 6. The SMILES string of the molecule is CCCCc1ccc(C(=C(c2[c-]c(C3(c4ccccn4)c4ccccc4-c4ccccc43)ccc2)c2[c-]c(C3(c4ccccn4)c4ccccc4-c4ccccc43)ccc2)c2ccc(CCCC)cc2)cc1.[Pt+2]. The van der Waals surface area contributed by atoms with Crippen molar-refractivity contribution < 1.29 is 21.1 Å². The van der Waals surface area contributed by atoms with Crippen molar-refractivity contribution >= 4 is 11.1 Å². The molecule has 0 N–H and O–H groups in total. The van der Waals surface area contributed by atoms with Crippen LogP contribution >= 0.6 is 0 Å². The first-order valence-electron chi connectivity index (χ1n) is 25.9. The molecular formula is C70H56N2Pt. The van der Waals surface area contributed by atoms with Crippen LogP contribution in [0.2, 0.25) is 0 Å². The second-order valence-electron chi connectivity index (χ2n) is 19.4. The van der Waals surface area contributed by atoms with Crippen LogP contribution in [0.15, 0.2) is 231 Å². The average molecular weight is 1120 g/mol. The van der Waals surface area contributed by atoms with Crippen LogP contribution in [-0.2, 0) is 44.7 Å². The molecule has 0 radical (unpaired) electrons. The maximum absolute atomic E-state index is 5.21. The molecule has 2 heterocycles. The summed E-state index contributed by atoms with van der Waals surface area (Å²) < 4.78 is 0. The Morgan fingerprint density at radius 1 is 0.370 bits per heavy atom. The molecule has 3 heteroatoms. The van der Waals surface area contributed by atoms with Crippen LogP contribution in [0.3, 0.4) is 0 Å². The molecule has 0 spiro atoms. The van der Waals surface area contributed by atoms with E-state index in [2.05, 4.69) is 232 Å². The summed E-state index contributed by atoms with van der Waals surface area (Å²) >= 11 is 0. The van der Waals surface area contributed by atoms with E-state index in [1.54, 1.807) is 0 Å². The minimum absolute atomic E-state index is 0. The van der Waals surface area contributed by atoms with Gasteiger partial charge in [0, 0.05) is 12.4 Å². The van der Waals surface area contributed by atoms with Crippen molar-refractivity contribution in [1.29, 1.82) is 0 Å². The molecule has 12 rings (SSSR count). The van der Waals surface area contributed by atoms with Gasteiger partial charge in [0.15, 0.2) is 0 Å². The van der Waals surface area contributed by atoms with Crippen LogP contribution in [0, 0.1) is 12.1 Å². The van der Waals surface area contributed by atoms with Crippen LogP contribution in [0.5, 0.6) is 0 Å². The second kappa shape index (κ2) is 20.5. The Hall–Kier alpha value is -7.51. The summed E-state index contributed by atoms with van der Waals surface area (Å²) in [7, 11) is 0. The van der Waals surface area contributed by atoms with E-state index in [1.165, 1.54) is 55.6 Å². The Kier molecular flexibility index (Phi) is 13.4. The molecule has 0 fully saturated rings. The van der Waals surface area contributed by atoms with Gasteiger partial charge < -0.3 is 0 Å². The van der Waals surface area contributed by atoms with Gasteiger partial charge in [-0.15, -0.1) is 76.4 Å². The minimum atomic E-state index is -0.733. The molecule has 0 atom stereocenters. The fourth-order valence-electron chi connectivity index (χ4n) is 12.0. The zero-order valence-corrected chi connectivity index (χ0v) is 43.7. The molecule has 2 nitrogen and oxygen atoms in total. The van der Waals surface area contributed by atoms with Crippen molar-refractivity contribution in [3.63, 3.8) is 0 Å². The Morgan fingerprint density at radius 3 is 1.07 bits per heavy atom. The molecule has 0 aliphatic heterocycles. The summed E-state index contributed by atoms with van der Waals surface area (Å²) in [5.74, 6) is 0. The maximum Gasteiger partial charge on any atom is 2.00 e. The van der Waals surface area contributed by atoms with Crippen LogP contribution in [-0.4, -0.2) is 9.97 Å². The Labute approximate surface area is 445 Å². The maximum atomic E-state index is 5.21. The van der Waals surface area contributed by atoms with Crippen molar-refractivity contribution in [3.05, 3.63) is 321 Å². The standard InChI is InChI=1S/C70H56N2.Pt/c1-3-5-21-49-37-41-51(42-38-49)67(52-43-39-50(40-44-52)22-6-4-2)68(53-23-19-25-55(47-53)69(65-35-15-17-45-71-65)61-31-11-7-27-57(61)58-28-8-12-32-62(58)69)54-24-20-26-56(48-54)70(66-36-16-18-46-72-66)63-33-13-9-29-59(63)60-30-10-14-34-64(60)70;/h7-20,23-46H,3-6,21-22H2,1-2H3;/q-2;+2. The van der Waals surface area contributed by atoms with Crippen LogP contribution in [0.4, 0.5) is 0 Å². The molecule has 2 aliphatic carbocycles. The molecule has 0 saturated carbocycles. The number of pyridine rings is 2. The minimum Gasteiger partial charge on any atom is -0.260 e. The van der Waals surface area contributed by atoms with Gasteiger partial charge in [0.2, 0.25) is 0 Å². The fourth-order valence-corrected chi connectivity index (χ4v) is 12.0. The summed E-state index contributed by atoms with van der Waals surface area (Å²) in [6.45, 7) is 4.53. The number of rotatable bonds is 14. The average Bonchev–Trinajstić information content (AvgIpc) is 3.93. The molecule has 0 unspecified atom stereocenters. The summed E-state index contributed by atoms with van der Waals surface area (Å²) in [6, 6.07) is 88.8. The van der Waals surface area contributed by atoms with E-state index in [4.69, 9.17) is 9.97 Å². The van der Waals surface area contributed by atoms with Gasteiger partial charge in [-0.2, -0.15) is 0 Å². The van der Waals surface area contributed by atoms with Crippen LogP contribution in [0.25, 0.3) is 33.4 Å². The summed E-state index contributed by atoms with van der Waals surface area (Å²) in [5.41, 5.74) is 21.4. The van der Waals surface area contributed by atoms with Gasteiger partial charge in [-0.25, -0.2) is 0 Å². The predicted octanol–water partition coefficient (Wildman–Crippen LogP) is 16.5.